The molecule has 0 saturated heterocycles. The summed E-state index contributed by atoms with van der Waals surface area (Å²) < 4.78 is 16.9. The van der Waals surface area contributed by atoms with Crippen LogP contribution in [-0.4, -0.2) is 37.2 Å². The number of allylic oxidation sites excluding steroid dienone is 14. The zero-order valence-corrected chi connectivity index (χ0v) is 45.3. The van der Waals surface area contributed by atoms with Crippen molar-refractivity contribution < 1.29 is 28.6 Å². The molecule has 0 heterocycles. The van der Waals surface area contributed by atoms with Crippen molar-refractivity contribution in [3.8, 4) is 0 Å². The molecular weight excluding hydrogens is 853 g/mol. The van der Waals surface area contributed by atoms with Gasteiger partial charge in [0.15, 0.2) is 6.10 Å². The number of carbonyl (C=O) groups is 3. The van der Waals surface area contributed by atoms with Gasteiger partial charge in [0.05, 0.1) is 0 Å². The maximum Gasteiger partial charge on any atom is 0.306 e. The van der Waals surface area contributed by atoms with E-state index in [0.717, 1.165) is 109 Å². The van der Waals surface area contributed by atoms with Gasteiger partial charge in [0, 0.05) is 19.3 Å². The van der Waals surface area contributed by atoms with Gasteiger partial charge in [-0.25, -0.2) is 0 Å². The van der Waals surface area contributed by atoms with Crippen molar-refractivity contribution in [2.75, 3.05) is 13.2 Å². The predicted molar refractivity (Wildman–Crippen MR) is 297 cm³/mol. The first kappa shape index (κ1) is 65.6. The average Bonchev–Trinajstić information content (AvgIpc) is 3.35. The summed E-state index contributed by atoms with van der Waals surface area (Å²) in [5, 5.41) is 0. The average molecular weight is 962 g/mol. The number of carbonyl (C=O) groups excluding carboxylic acids is 3. The second-order valence-corrected chi connectivity index (χ2v) is 19.2. The number of hydrogen-bond acceptors (Lipinski definition) is 6. The SMILES string of the molecule is CC/C=C\C/C=C\C/C=C\CCCCCCCCCC(=O)OC(COC(=O)CCCCCCC/C=C\C/C=C\CCCCC)COC(=O)CCCCCCCCCCC/C=C\C/C=C\CCCCC. The number of esters is 3. The molecule has 0 saturated carbocycles. The largest absolute Gasteiger partial charge is 0.462 e. The lowest BCUT2D eigenvalue weighted by Crippen LogP contribution is -2.30. The van der Waals surface area contributed by atoms with Crippen LogP contribution >= 0.6 is 0 Å². The topological polar surface area (TPSA) is 78.9 Å². The summed E-state index contributed by atoms with van der Waals surface area (Å²) in [7, 11) is 0. The summed E-state index contributed by atoms with van der Waals surface area (Å²) in [5.41, 5.74) is 0. The number of hydrogen-bond donors (Lipinski definition) is 0. The van der Waals surface area contributed by atoms with Crippen LogP contribution in [0.4, 0.5) is 0 Å². The smallest absolute Gasteiger partial charge is 0.306 e. The van der Waals surface area contributed by atoms with Crippen LogP contribution in [0.1, 0.15) is 278 Å². The maximum absolute atomic E-state index is 12.9. The fourth-order valence-electron chi connectivity index (χ4n) is 7.99. The molecule has 6 nitrogen and oxygen atoms in total. The number of unbranched alkanes of at least 4 members (excludes halogenated alkanes) is 27. The van der Waals surface area contributed by atoms with Gasteiger partial charge in [-0.2, -0.15) is 0 Å². The van der Waals surface area contributed by atoms with E-state index in [0.29, 0.717) is 19.3 Å². The van der Waals surface area contributed by atoms with Crippen LogP contribution in [0, 0.1) is 0 Å². The Morgan fingerprint density at radius 1 is 0.304 bits per heavy atom. The summed E-state index contributed by atoms with van der Waals surface area (Å²) in [6.07, 6.45) is 74.2. The fraction of sp³-hybridized carbons (Fsp3) is 0.730. The minimum atomic E-state index is -0.790. The highest BCUT2D eigenvalue weighted by molar-refractivity contribution is 5.71. The molecule has 0 spiro atoms. The molecule has 0 aromatic rings. The lowest BCUT2D eigenvalue weighted by atomic mass is 10.1. The lowest BCUT2D eigenvalue weighted by Gasteiger charge is -2.18. The van der Waals surface area contributed by atoms with Crippen molar-refractivity contribution in [2.45, 2.75) is 284 Å². The molecule has 0 aliphatic rings. The molecule has 0 aromatic heterocycles. The third-order valence-corrected chi connectivity index (χ3v) is 12.4. The third-order valence-electron chi connectivity index (χ3n) is 12.4. The molecule has 1 unspecified atom stereocenters. The van der Waals surface area contributed by atoms with Gasteiger partial charge in [0.2, 0.25) is 0 Å². The van der Waals surface area contributed by atoms with Gasteiger partial charge in [-0.3, -0.25) is 14.4 Å². The van der Waals surface area contributed by atoms with Crippen LogP contribution in [0.25, 0.3) is 0 Å². The van der Waals surface area contributed by atoms with E-state index in [9.17, 15) is 14.4 Å². The van der Waals surface area contributed by atoms with Crippen molar-refractivity contribution in [3.05, 3.63) is 85.1 Å². The fourth-order valence-corrected chi connectivity index (χ4v) is 7.99. The predicted octanol–water partition coefficient (Wildman–Crippen LogP) is 19.5. The Hall–Kier alpha value is -3.41. The van der Waals surface area contributed by atoms with E-state index >= 15 is 0 Å². The van der Waals surface area contributed by atoms with Gasteiger partial charge in [-0.15, -0.1) is 0 Å². The number of ether oxygens (including phenoxy) is 3. The molecule has 0 radical (unpaired) electrons. The van der Waals surface area contributed by atoms with Crippen LogP contribution in [0.3, 0.4) is 0 Å². The van der Waals surface area contributed by atoms with E-state index in [1.807, 2.05) is 0 Å². The highest BCUT2D eigenvalue weighted by Crippen LogP contribution is 2.15. The van der Waals surface area contributed by atoms with E-state index in [1.54, 1.807) is 0 Å². The Morgan fingerprint density at radius 2 is 0.565 bits per heavy atom. The molecule has 6 heteroatoms. The molecule has 396 valence electrons. The van der Waals surface area contributed by atoms with Crippen LogP contribution in [0.15, 0.2) is 85.1 Å². The maximum atomic E-state index is 12.9. The van der Waals surface area contributed by atoms with E-state index in [2.05, 4.69) is 106 Å². The molecule has 0 aliphatic carbocycles. The van der Waals surface area contributed by atoms with E-state index < -0.39 is 6.10 Å². The van der Waals surface area contributed by atoms with Crippen molar-refractivity contribution >= 4 is 17.9 Å². The summed E-state index contributed by atoms with van der Waals surface area (Å²) in [6, 6.07) is 0. The molecule has 0 aromatic carbocycles. The monoisotopic (exact) mass is 961 g/mol. The number of rotatable bonds is 52. The van der Waals surface area contributed by atoms with Crippen molar-refractivity contribution in [3.63, 3.8) is 0 Å². The highest BCUT2D eigenvalue weighted by atomic mass is 16.6. The first-order chi connectivity index (χ1) is 34.0. The van der Waals surface area contributed by atoms with Gasteiger partial charge < -0.3 is 14.2 Å². The first-order valence-corrected chi connectivity index (χ1v) is 29.1. The van der Waals surface area contributed by atoms with Gasteiger partial charge in [0.1, 0.15) is 13.2 Å². The summed E-state index contributed by atoms with van der Waals surface area (Å²) in [5.74, 6) is -0.909. The molecule has 69 heavy (non-hydrogen) atoms. The van der Waals surface area contributed by atoms with Gasteiger partial charge in [-0.1, -0.05) is 228 Å². The molecule has 0 N–H and O–H groups in total. The standard InChI is InChI=1S/C63H108O6/c1-4-7-10-13-16-19-22-25-28-30-31-33-35-38-41-44-47-50-53-56-62(65)68-59-60(58-67-61(64)55-52-49-46-43-40-37-34-27-24-21-18-15-12-9-6-3)69-63(66)57-54-51-48-45-42-39-36-32-29-26-23-20-17-14-11-8-5-2/h8,11,16-21,25-29,34,60H,4-7,9-10,12-15,22-24,30-33,35-59H2,1-3H3/b11-8-,19-16-,20-17-,21-18-,28-25-,29-26-,34-27-. The Kier molecular flexibility index (Phi) is 54.3. The van der Waals surface area contributed by atoms with E-state index in [4.69, 9.17) is 14.2 Å². The second kappa shape index (κ2) is 57.2. The molecule has 0 rings (SSSR count). The van der Waals surface area contributed by atoms with Crippen LogP contribution in [-0.2, 0) is 28.6 Å². The minimum absolute atomic E-state index is 0.0873. The van der Waals surface area contributed by atoms with Crippen molar-refractivity contribution in [1.29, 1.82) is 0 Å². The van der Waals surface area contributed by atoms with Gasteiger partial charge >= 0.3 is 17.9 Å². The quantitative estimate of drug-likeness (QED) is 0.0262. The van der Waals surface area contributed by atoms with Crippen molar-refractivity contribution in [2.24, 2.45) is 0 Å². The molecule has 0 aliphatic heterocycles. The van der Waals surface area contributed by atoms with Crippen LogP contribution < -0.4 is 0 Å². The molecule has 1 atom stereocenters. The van der Waals surface area contributed by atoms with Gasteiger partial charge in [-0.05, 0) is 116 Å². The third kappa shape index (κ3) is 55.4. The molecule has 0 amide bonds. The Morgan fingerprint density at radius 3 is 0.884 bits per heavy atom. The minimum Gasteiger partial charge on any atom is -0.462 e. The lowest BCUT2D eigenvalue weighted by molar-refractivity contribution is -0.167. The summed E-state index contributed by atoms with van der Waals surface area (Å²) in [6.45, 7) is 6.47. The Balaban J connectivity index is 4.41. The summed E-state index contributed by atoms with van der Waals surface area (Å²) in [4.78, 5) is 38.2. The van der Waals surface area contributed by atoms with Crippen LogP contribution in [0.5, 0.6) is 0 Å². The van der Waals surface area contributed by atoms with Crippen molar-refractivity contribution in [1.82, 2.24) is 0 Å². The molecule has 0 fully saturated rings. The Bertz CT molecular complexity index is 1330. The second-order valence-electron chi connectivity index (χ2n) is 19.2. The van der Waals surface area contributed by atoms with E-state index in [-0.39, 0.29) is 31.1 Å². The first-order valence-electron chi connectivity index (χ1n) is 29.1. The zero-order chi connectivity index (χ0) is 50.0. The van der Waals surface area contributed by atoms with Crippen LogP contribution in [0.2, 0.25) is 0 Å². The zero-order valence-electron chi connectivity index (χ0n) is 45.3. The van der Waals surface area contributed by atoms with E-state index in [1.165, 1.54) is 128 Å². The molecular formula is C63H108O6. The van der Waals surface area contributed by atoms with Gasteiger partial charge in [0.25, 0.3) is 0 Å². The molecule has 0 bridgehead atoms. The summed E-state index contributed by atoms with van der Waals surface area (Å²) >= 11 is 0. The normalized spacial score (nSPS) is 12.7. The Labute approximate surface area is 426 Å². The highest BCUT2D eigenvalue weighted by Gasteiger charge is 2.19.